The summed E-state index contributed by atoms with van der Waals surface area (Å²) in [7, 11) is 0. The maximum absolute atomic E-state index is 9.70. The van der Waals surface area contributed by atoms with Gasteiger partial charge in [0.15, 0.2) is 0 Å². The number of benzene rings is 1. The third kappa shape index (κ3) is 3.47. The van der Waals surface area contributed by atoms with Gasteiger partial charge in [-0.15, -0.1) is 0 Å². The zero-order valence-corrected chi connectivity index (χ0v) is 11.9. The van der Waals surface area contributed by atoms with E-state index in [1.807, 2.05) is 13.0 Å². The molecule has 4 nitrogen and oxygen atoms in total. The topological polar surface area (TPSA) is 44.7 Å². The Kier molecular flexibility index (Phi) is 5.19. The lowest BCUT2D eigenvalue weighted by Gasteiger charge is -2.34. The van der Waals surface area contributed by atoms with Crippen LogP contribution >= 0.6 is 0 Å². The van der Waals surface area contributed by atoms with Crippen LogP contribution in [0.1, 0.15) is 24.1 Å². The molecule has 1 aliphatic heterocycles. The highest BCUT2D eigenvalue weighted by Crippen LogP contribution is 2.26. The molecule has 0 aromatic heterocycles. The molecule has 2 N–H and O–H groups in total. The predicted octanol–water partition coefficient (Wildman–Crippen LogP) is 1.33. The zero-order chi connectivity index (χ0) is 13.7. The van der Waals surface area contributed by atoms with Crippen LogP contribution in [-0.4, -0.2) is 49.4 Å². The molecule has 1 aromatic carbocycles. The summed E-state index contributed by atoms with van der Waals surface area (Å²) in [5, 5.41) is 13.0. The first-order chi connectivity index (χ1) is 9.26. The molecule has 4 heteroatoms. The summed E-state index contributed by atoms with van der Waals surface area (Å²) in [6, 6.07) is 6.31. The molecule has 0 aliphatic carbocycles. The van der Waals surface area contributed by atoms with Crippen LogP contribution in [0, 0.1) is 6.92 Å². The van der Waals surface area contributed by atoms with E-state index in [-0.39, 0.29) is 12.6 Å². The molecule has 1 aliphatic rings. The normalized spacial score (nSPS) is 18.3. The average molecular weight is 264 g/mol. The fourth-order valence-electron chi connectivity index (χ4n) is 2.62. The highest BCUT2D eigenvalue weighted by molar-refractivity contribution is 5.37. The smallest absolute Gasteiger partial charge is 0.122 e. The number of piperazine rings is 1. The van der Waals surface area contributed by atoms with Crippen LogP contribution in [0.3, 0.4) is 0 Å². The van der Waals surface area contributed by atoms with Gasteiger partial charge in [-0.3, -0.25) is 4.90 Å². The first-order valence-corrected chi connectivity index (χ1v) is 7.05. The fraction of sp³-hybridized carbons (Fsp3) is 0.600. The van der Waals surface area contributed by atoms with E-state index >= 15 is 0 Å². The molecule has 0 saturated carbocycles. The fourth-order valence-corrected chi connectivity index (χ4v) is 2.62. The molecule has 1 saturated heterocycles. The van der Waals surface area contributed by atoms with Gasteiger partial charge in [0.25, 0.3) is 0 Å². The second kappa shape index (κ2) is 6.89. The number of hydrogen-bond donors (Lipinski definition) is 2. The van der Waals surface area contributed by atoms with E-state index in [2.05, 4.69) is 29.3 Å². The molecule has 1 heterocycles. The van der Waals surface area contributed by atoms with Gasteiger partial charge in [-0.25, -0.2) is 0 Å². The quantitative estimate of drug-likeness (QED) is 0.842. The van der Waals surface area contributed by atoms with Crippen molar-refractivity contribution in [3.8, 4) is 5.75 Å². The Balaban J connectivity index is 2.15. The van der Waals surface area contributed by atoms with Crippen LogP contribution in [-0.2, 0) is 0 Å². The Bertz CT molecular complexity index is 403. The molecule has 0 bridgehead atoms. The summed E-state index contributed by atoms with van der Waals surface area (Å²) < 4.78 is 5.56. The van der Waals surface area contributed by atoms with Crippen molar-refractivity contribution in [3.05, 3.63) is 29.3 Å². The predicted molar refractivity (Wildman–Crippen MR) is 76.6 cm³/mol. The Morgan fingerprint density at radius 3 is 2.68 bits per heavy atom. The lowest BCUT2D eigenvalue weighted by Crippen LogP contribution is -2.46. The van der Waals surface area contributed by atoms with E-state index in [0.717, 1.165) is 37.5 Å². The molecule has 0 radical (unpaired) electrons. The number of nitrogens with zero attached hydrogens (tertiary/aromatic N) is 1. The highest BCUT2D eigenvalue weighted by Gasteiger charge is 2.21. The SMILES string of the molecule is CCOc1ccc(C(CO)N2CCNCC2)cc1C. The molecule has 106 valence electrons. The lowest BCUT2D eigenvalue weighted by molar-refractivity contribution is 0.111. The molecule has 2 rings (SSSR count). The van der Waals surface area contributed by atoms with Crippen molar-refractivity contribution in [2.24, 2.45) is 0 Å². The van der Waals surface area contributed by atoms with Crippen LogP contribution in [0.25, 0.3) is 0 Å². The number of aliphatic hydroxyl groups is 1. The van der Waals surface area contributed by atoms with Gasteiger partial charge in [0.2, 0.25) is 0 Å². The van der Waals surface area contributed by atoms with Gasteiger partial charge < -0.3 is 15.2 Å². The van der Waals surface area contributed by atoms with Crippen molar-refractivity contribution in [2.75, 3.05) is 39.4 Å². The maximum Gasteiger partial charge on any atom is 0.122 e. The van der Waals surface area contributed by atoms with Crippen LogP contribution in [0.15, 0.2) is 18.2 Å². The average Bonchev–Trinajstić information content (AvgIpc) is 2.44. The summed E-state index contributed by atoms with van der Waals surface area (Å²) in [6.45, 7) is 8.84. The van der Waals surface area contributed by atoms with Gasteiger partial charge in [0.05, 0.1) is 19.3 Å². The summed E-state index contributed by atoms with van der Waals surface area (Å²) >= 11 is 0. The molecule has 0 amide bonds. The number of rotatable bonds is 5. The van der Waals surface area contributed by atoms with E-state index in [9.17, 15) is 5.11 Å². The lowest BCUT2D eigenvalue weighted by atomic mass is 10.0. The Hall–Kier alpha value is -1.10. The summed E-state index contributed by atoms with van der Waals surface area (Å²) in [4.78, 5) is 2.34. The summed E-state index contributed by atoms with van der Waals surface area (Å²) in [6.07, 6.45) is 0. The van der Waals surface area contributed by atoms with Gasteiger partial charge in [-0.1, -0.05) is 12.1 Å². The van der Waals surface area contributed by atoms with Crippen LogP contribution < -0.4 is 10.1 Å². The second-order valence-electron chi connectivity index (χ2n) is 4.94. The van der Waals surface area contributed by atoms with Crippen molar-refractivity contribution < 1.29 is 9.84 Å². The molecule has 1 unspecified atom stereocenters. The number of aliphatic hydroxyl groups excluding tert-OH is 1. The first kappa shape index (κ1) is 14.3. The Morgan fingerprint density at radius 1 is 1.37 bits per heavy atom. The number of ether oxygens (including phenoxy) is 1. The van der Waals surface area contributed by atoms with Crippen LogP contribution in [0.2, 0.25) is 0 Å². The van der Waals surface area contributed by atoms with Crippen molar-refractivity contribution in [2.45, 2.75) is 19.9 Å². The Morgan fingerprint density at radius 2 is 2.11 bits per heavy atom. The molecule has 0 spiro atoms. The summed E-state index contributed by atoms with van der Waals surface area (Å²) in [5.74, 6) is 0.934. The van der Waals surface area contributed by atoms with E-state index in [4.69, 9.17) is 4.74 Å². The van der Waals surface area contributed by atoms with Crippen LogP contribution in [0.4, 0.5) is 0 Å². The van der Waals surface area contributed by atoms with Gasteiger partial charge in [-0.05, 0) is 31.0 Å². The second-order valence-corrected chi connectivity index (χ2v) is 4.94. The number of nitrogens with one attached hydrogen (secondary N) is 1. The van der Waals surface area contributed by atoms with E-state index in [0.29, 0.717) is 6.61 Å². The first-order valence-electron chi connectivity index (χ1n) is 7.05. The van der Waals surface area contributed by atoms with Crippen LogP contribution in [0.5, 0.6) is 5.75 Å². The van der Waals surface area contributed by atoms with E-state index < -0.39 is 0 Å². The number of hydrogen-bond acceptors (Lipinski definition) is 4. The van der Waals surface area contributed by atoms with Gasteiger partial charge in [0, 0.05) is 26.2 Å². The van der Waals surface area contributed by atoms with Gasteiger partial charge in [-0.2, -0.15) is 0 Å². The van der Waals surface area contributed by atoms with E-state index in [1.54, 1.807) is 0 Å². The molecule has 1 fully saturated rings. The zero-order valence-electron chi connectivity index (χ0n) is 11.9. The van der Waals surface area contributed by atoms with Crippen molar-refractivity contribution >= 4 is 0 Å². The van der Waals surface area contributed by atoms with E-state index in [1.165, 1.54) is 5.56 Å². The standard InChI is InChI=1S/C15H24N2O2/c1-3-19-15-5-4-13(10-12(15)2)14(11-18)17-8-6-16-7-9-17/h4-5,10,14,16,18H,3,6-9,11H2,1-2H3. The van der Waals surface area contributed by atoms with Crippen molar-refractivity contribution in [3.63, 3.8) is 0 Å². The number of aryl methyl sites for hydroxylation is 1. The Labute approximate surface area is 115 Å². The third-order valence-corrected chi connectivity index (χ3v) is 3.65. The largest absolute Gasteiger partial charge is 0.494 e. The van der Waals surface area contributed by atoms with Gasteiger partial charge in [0.1, 0.15) is 5.75 Å². The van der Waals surface area contributed by atoms with Crippen molar-refractivity contribution in [1.82, 2.24) is 10.2 Å². The third-order valence-electron chi connectivity index (χ3n) is 3.65. The molecular formula is C15H24N2O2. The van der Waals surface area contributed by atoms with Crippen molar-refractivity contribution in [1.29, 1.82) is 0 Å². The molecule has 1 aromatic rings. The monoisotopic (exact) mass is 264 g/mol. The maximum atomic E-state index is 9.70. The van der Waals surface area contributed by atoms with Gasteiger partial charge >= 0.3 is 0 Å². The summed E-state index contributed by atoms with van der Waals surface area (Å²) in [5.41, 5.74) is 2.30. The molecule has 1 atom stereocenters. The minimum atomic E-state index is 0.0940. The molecule has 19 heavy (non-hydrogen) atoms. The minimum Gasteiger partial charge on any atom is -0.494 e. The highest BCUT2D eigenvalue weighted by atomic mass is 16.5. The molecular weight excluding hydrogens is 240 g/mol. The minimum absolute atomic E-state index is 0.0940.